The molecule has 4 rings (SSSR count). The number of nitrogens with one attached hydrogen (secondary N) is 1. The quantitative estimate of drug-likeness (QED) is 0.664. The highest BCUT2D eigenvalue weighted by Gasteiger charge is 2.52. The predicted molar refractivity (Wildman–Crippen MR) is 123 cm³/mol. The molecular weight excluding hydrogens is 414 g/mol. The Hall–Kier alpha value is -2.57. The number of carbonyl (C=O) groups is 2. The number of ether oxygens (including phenoxy) is 1. The van der Waals surface area contributed by atoms with Gasteiger partial charge >= 0.3 is 5.97 Å². The number of benzene rings is 2. The smallest absolute Gasteiger partial charge is 0.317 e. The van der Waals surface area contributed by atoms with Gasteiger partial charge in [-0.3, -0.25) is 9.59 Å². The van der Waals surface area contributed by atoms with E-state index in [4.69, 9.17) is 16.3 Å². The van der Waals surface area contributed by atoms with Crippen LogP contribution in [0.25, 0.3) is 0 Å². The summed E-state index contributed by atoms with van der Waals surface area (Å²) >= 11 is 5.93. The van der Waals surface area contributed by atoms with Crippen molar-refractivity contribution in [2.24, 2.45) is 0 Å². The first-order valence-corrected chi connectivity index (χ1v) is 11.2. The van der Waals surface area contributed by atoms with Crippen molar-refractivity contribution in [3.63, 3.8) is 0 Å². The van der Waals surface area contributed by atoms with Crippen LogP contribution in [0.1, 0.15) is 25.3 Å². The van der Waals surface area contributed by atoms with Crippen LogP contribution in [0.5, 0.6) is 0 Å². The topological polar surface area (TPSA) is 61.9 Å². The number of halogens is 1. The summed E-state index contributed by atoms with van der Waals surface area (Å²) in [7, 11) is 0. The average Bonchev–Trinajstić information content (AvgIpc) is 3.61. The van der Waals surface area contributed by atoms with Crippen molar-refractivity contribution in [1.29, 1.82) is 0 Å². The molecule has 1 amide bonds. The fourth-order valence-corrected chi connectivity index (χ4v) is 4.17. The highest BCUT2D eigenvalue weighted by Crippen LogP contribution is 2.49. The lowest BCUT2D eigenvalue weighted by molar-refractivity contribution is -0.150. The van der Waals surface area contributed by atoms with Crippen molar-refractivity contribution in [3.05, 3.63) is 59.1 Å². The van der Waals surface area contributed by atoms with Gasteiger partial charge < -0.3 is 19.9 Å². The van der Waals surface area contributed by atoms with Crippen molar-refractivity contribution in [2.75, 3.05) is 49.5 Å². The number of nitrogens with zero attached hydrogens (tertiary/aromatic N) is 2. The molecule has 2 aromatic rings. The second-order valence-corrected chi connectivity index (χ2v) is 8.62. The molecule has 1 N–H and O–H groups in total. The molecule has 1 saturated heterocycles. The fraction of sp³-hybridized carbons (Fsp3) is 0.417. The molecule has 0 unspecified atom stereocenters. The van der Waals surface area contributed by atoms with Gasteiger partial charge in [0.25, 0.3) is 5.91 Å². The van der Waals surface area contributed by atoms with Gasteiger partial charge in [-0.1, -0.05) is 30.7 Å². The molecule has 0 spiro atoms. The normalized spacial score (nSPS) is 17.8. The van der Waals surface area contributed by atoms with Gasteiger partial charge in [-0.15, -0.1) is 0 Å². The zero-order valence-electron chi connectivity index (χ0n) is 17.8. The van der Waals surface area contributed by atoms with Gasteiger partial charge in [0.15, 0.2) is 6.61 Å². The molecular formula is C24H28ClN3O3. The van der Waals surface area contributed by atoms with Crippen LogP contribution in [-0.2, 0) is 19.7 Å². The fourth-order valence-electron chi connectivity index (χ4n) is 4.05. The summed E-state index contributed by atoms with van der Waals surface area (Å²) in [6.07, 6.45) is 1.45. The largest absolute Gasteiger partial charge is 0.455 e. The van der Waals surface area contributed by atoms with E-state index in [0.717, 1.165) is 56.8 Å². The average molecular weight is 442 g/mol. The van der Waals surface area contributed by atoms with Crippen LogP contribution in [0.4, 0.5) is 11.4 Å². The zero-order chi connectivity index (χ0) is 21.8. The molecule has 0 radical (unpaired) electrons. The molecule has 0 aromatic heterocycles. The molecule has 1 heterocycles. The first-order valence-electron chi connectivity index (χ1n) is 10.8. The maximum atomic E-state index is 12.6. The Balaban J connectivity index is 1.26. The molecule has 2 fully saturated rings. The summed E-state index contributed by atoms with van der Waals surface area (Å²) in [4.78, 5) is 29.7. The molecule has 2 aromatic carbocycles. The number of carbonyl (C=O) groups excluding carboxylic acids is 2. The molecule has 7 heteroatoms. The van der Waals surface area contributed by atoms with E-state index in [9.17, 15) is 9.59 Å². The van der Waals surface area contributed by atoms with Crippen LogP contribution >= 0.6 is 11.6 Å². The maximum Gasteiger partial charge on any atom is 0.317 e. The van der Waals surface area contributed by atoms with Crippen LogP contribution in [0.15, 0.2) is 48.5 Å². The summed E-state index contributed by atoms with van der Waals surface area (Å²) in [5.74, 6) is -0.698. The van der Waals surface area contributed by atoms with E-state index in [1.165, 1.54) is 0 Å². The molecule has 0 bridgehead atoms. The van der Waals surface area contributed by atoms with E-state index in [0.29, 0.717) is 10.7 Å². The number of hydrogen-bond acceptors (Lipinski definition) is 5. The van der Waals surface area contributed by atoms with Gasteiger partial charge in [0, 0.05) is 42.6 Å². The number of likely N-dealkylation sites (N-methyl/N-ethyl adjacent to an activating group) is 1. The van der Waals surface area contributed by atoms with E-state index in [-0.39, 0.29) is 18.5 Å². The third kappa shape index (κ3) is 5.02. The Kier molecular flexibility index (Phi) is 6.49. The Morgan fingerprint density at radius 3 is 2.23 bits per heavy atom. The number of esters is 1. The number of amides is 1. The number of rotatable bonds is 7. The lowest BCUT2D eigenvalue weighted by Gasteiger charge is -2.35. The Morgan fingerprint density at radius 1 is 1.00 bits per heavy atom. The molecule has 0 atom stereocenters. The molecule has 1 saturated carbocycles. The van der Waals surface area contributed by atoms with Crippen molar-refractivity contribution >= 4 is 34.9 Å². The number of hydrogen-bond donors (Lipinski definition) is 1. The molecule has 1 aliphatic heterocycles. The van der Waals surface area contributed by atoms with Crippen molar-refractivity contribution < 1.29 is 14.3 Å². The van der Waals surface area contributed by atoms with E-state index in [2.05, 4.69) is 22.0 Å². The first-order chi connectivity index (χ1) is 15.0. The summed E-state index contributed by atoms with van der Waals surface area (Å²) in [5.41, 5.74) is 2.10. The van der Waals surface area contributed by atoms with Crippen LogP contribution in [-0.4, -0.2) is 56.1 Å². The zero-order valence-corrected chi connectivity index (χ0v) is 18.5. The van der Waals surface area contributed by atoms with Crippen LogP contribution in [0.2, 0.25) is 5.02 Å². The minimum absolute atomic E-state index is 0.297. The van der Waals surface area contributed by atoms with Crippen molar-refractivity contribution in [1.82, 2.24) is 4.90 Å². The molecule has 2 aliphatic rings. The maximum absolute atomic E-state index is 12.6. The number of piperazine rings is 1. The van der Waals surface area contributed by atoms with Gasteiger partial charge in [-0.05, 0) is 61.3 Å². The monoisotopic (exact) mass is 441 g/mol. The van der Waals surface area contributed by atoms with Crippen LogP contribution < -0.4 is 10.2 Å². The summed E-state index contributed by atoms with van der Waals surface area (Å²) < 4.78 is 5.33. The van der Waals surface area contributed by atoms with Crippen LogP contribution in [0, 0.1) is 0 Å². The third-order valence-corrected chi connectivity index (χ3v) is 6.46. The second-order valence-electron chi connectivity index (χ2n) is 8.18. The Morgan fingerprint density at radius 2 is 1.65 bits per heavy atom. The minimum atomic E-state index is -0.631. The van der Waals surface area contributed by atoms with Gasteiger partial charge in [0.1, 0.15) is 0 Å². The van der Waals surface area contributed by atoms with Gasteiger partial charge in [-0.25, -0.2) is 0 Å². The van der Waals surface area contributed by atoms with Gasteiger partial charge in [-0.2, -0.15) is 0 Å². The minimum Gasteiger partial charge on any atom is -0.455 e. The highest BCUT2D eigenvalue weighted by atomic mass is 35.5. The van der Waals surface area contributed by atoms with Crippen LogP contribution in [0.3, 0.4) is 0 Å². The highest BCUT2D eigenvalue weighted by molar-refractivity contribution is 6.30. The SMILES string of the molecule is CCN1CCN(c2ccc(NC(=O)COC(=O)C3(c4ccc(Cl)cc4)CC3)cc2)CC1. The van der Waals surface area contributed by atoms with E-state index in [1.54, 1.807) is 12.1 Å². The summed E-state index contributed by atoms with van der Waals surface area (Å²) in [6, 6.07) is 15.0. The lowest BCUT2D eigenvalue weighted by Crippen LogP contribution is -2.46. The first kappa shape index (κ1) is 21.7. The third-order valence-electron chi connectivity index (χ3n) is 6.21. The number of anilines is 2. The Labute approximate surface area is 188 Å². The van der Waals surface area contributed by atoms with Gasteiger partial charge in [0.2, 0.25) is 0 Å². The summed E-state index contributed by atoms with van der Waals surface area (Å²) in [6.45, 7) is 7.12. The van der Waals surface area contributed by atoms with Crippen molar-refractivity contribution in [3.8, 4) is 0 Å². The molecule has 6 nitrogen and oxygen atoms in total. The predicted octanol–water partition coefficient (Wildman–Crippen LogP) is 3.70. The van der Waals surface area contributed by atoms with E-state index >= 15 is 0 Å². The van der Waals surface area contributed by atoms with Crippen molar-refractivity contribution in [2.45, 2.75) is 25.2 Å². The van der Waals surface area contributed by atoms with E-state index < -0.39 is 5.41 Å². The van der Waals surface area contributed by atoms with E-state index in [1.807, 2.05) is 36.4 Å². The molecule has 164 valence electrons. The molecule has 1 aliphatic carbocycles. The standard InChI is InChI=1S/C24H28ClN3O3/c1-2-27-13-15-28(16-14-27)21-9-7-20(8-10-21)26-22(29)17-31-23(30)24(11-12-24)18-3-5-19(25)6-4-18/h3-10H,2,11-17H2,1H3,(H,26,29). The Bertz CT molecular complexity index is 918. The lowest BCUT2D eigenvalue weighted by atomic mass is 9.96. The van der Waals surface area contributed by atoms with Gasteiger partial charge in [0.05, 0.1) is 5.41 Å². The second kappa shape index (κ2) is 9.28. The molecule has 31 heavy (non-hydrogen) atoms. The summed E-state index contributed by atoms with van der Waals surface area (Å²) in [5, 5.41) is 3.43.